The first-order valence-electron chi connectivity index (χ1n) is 8.62. The lowest BCUT2D eigenvalue weighted by atomic mass is 10.0. The summed E-state index contributed by atoms with van der Waals surface area (Å²) in [4.78, 5) is 14.4. The first kappa shape index (κ1) is 19.5. The van der Waals surface area contributed by atoms with E-state index in [0.717, 1.165) is 37.4 Å². The molecule has 1 aromatic rings. The van der Waals surface area contributed by atoms with E-state index in [1.807, 2.05) is 25.1 Å². The van der Waals surface area contributed by atoms with Crippen molar-refractivity contribution in [2.24, 2.45) is 5.92 Å². The number of nitrogens with zero attached hydrogens (tertiary/aromatic N) is 1. The van der Waals surface area contributed by atoms with Crippen LogP contribution in [0.2, 0.25) is 5.02 Å². The average Bonchev–Trinajstić information content (AvgIpc) is 3.34. The number of piperidine rings is 1. The summed E-state index contributed by atoms with van der Waals surface area (Å²) in [6, 6.07) is 6.32. The highest BCUT2D eigenvalue weighted by molar-refractivity contribution is 6.33. The number of carbonyl (C=O) groups is 1. The number of carbonyl (C=O) groups excluding carboxylic acids is 1. The van der Waals surface area contributed by atoms with Gasteiger partial charge in [-0.3, -0.25) is 9.69 Å². The molecule has 1 aromatic carbocycles. The van der Waals surface area contributed by atoms with Crippen LogP contribution in [-0.2, 0) is 4.79 Å². The van der Waals surface area contributed by atoms with Crippen molar-refractivity contribution in [1.29, 1.82) is 0 Å². The monoisotopic (exact) mass is 371 g/mol. The van der Waals surface area contributed by atoms with Gasteiger partial charge in [0.25, 0.3) is 0 Å². The third-order valence-corrected chi connectivity index (χ3v) is 5.06. The van der Waals surface area contributed by atoms with Gasteiger partial charge in [0.2, 0.25) is 5.91 Å². The fourth-order valence-electron chi connectivity index (χ4n) is 3.06. The number of rotatable bonds is 6. The van der Waals surface area contributed by atoms with Crippen LogP contribution in [0, 0.1) is 12.8 Å². The number of anilines is 1. The molecule has 1 saturated heterocycles. The van der Waals surface area contributed by atoms with Gasteiger partial charge in [-0.15, -0.1) is 12.4 Å². The van der Waals surface area contributed by atoms with Gasteiger partial charge in [0.15, 0.2) is 0 Å². The molecule has 1 aliphatic carbocycles. The average molecular weight is 372 g/mol. The van der Waals surface area contributed by atoms with E-state index in [2.05, 4.69) is 15.5 Å². The minimum Gasteiger partial charge on any atom is -0.324 e. The minimum absolute atomic E-state index is 0. The lowest BCUT2D eigenvalue weighted by Crippen LogP contribution is -2.45. The third kappa shape index (κ3) is 5.92. The van der Waals surface area contributed by atoms with Crippen LogP contribution >= 0.6 is 24.0 Å². The van der Waals surface area contributed by atoms with Gasteiger partial charge in [-0.25, -0.2) is 0 Å². The van der Waals surface area contributed by atoms with Gasteiger partial charge < -0.3 is 10.6 Å². The Morgan fingerprint density at radius 3 is 2.58 bits per heavy atom. The van der Waals surface area contributed by atoms with Crippen molar-refractivity contribution in [2.45, 2.75) is 38.6 Å². The number of aryl methyl sites for hydroxylation is 1. The molecule has 4 nitrogen and oxygen atoms in total. The zero-order valence-electron chi connectivity index (χ0n) is 14.2. The molecule has 2 N–H and O–H groups in total. The van der Waals surface area contributed by atoms with Crippen LogP contribution in [-0.4, -0.2) is 43.0 Å². The summed E-state index contributed by atoms with van der Waals surface area (Å²) in [7, 11) is 0. The summed E-state index contributed by atoms with van der Waals surface area (Å²) in [5.74, 6) is 0.943. The van der Waals surface area contributed by atoms with Crippen LogP contribution < -0.4 is 10.6 Å². The summed E-state index contributed by atoms with van der Waals surface area (Å²) in [6.07, 6.45) is 5.05. The Bertz CT molecular complexity index is 555. The largest absolute Gasteiger partial charge is 0.324 e. The predicted octanol–water partition coefficient (Wildman–Crippen LogP) is 3.47. The zero-order chi connectivity index (χ0) is 16.2. The van der Waals surface area contributed by atoms with Gasteiger partial charge in [0.05, 0.1) is 17.3 Å². The number of halogens is 2. The first-order chi connectivity index (χ1) is 11.1. The molecule has 0 unspecified atom stereocenters. The molecule has 6 heteroatoms. The molecule has 0 radical (unpaired) electrons. The van der Waals surface area contributed by atoms with Crippen LogP contribution in [0.25, 0.3) is 0 Å². The number of hydrogen-bond acceptors (Lipinski definition) is 3. The van der Waals surface area contributed by atoms with Crippen molar-refractivity contribution >= 4 is 35.6 Å². The second-order valence-corrected chi connectivity index (χ2v) is 7.34. The maximum atomic E-state index is 12.2. The Morgan fingerprint density at radius 1 is 1.25 bits per heavy atom. The van der Waals surface area contributed by atoms with Crippen molar-refractivity contribution in [1.82, 2.24) is 10.2 Å². The number of nitrogens with one attached hydrogen (secondary N) is 2. The maximum absolute atomic E-state index is 12.2. The molecule has 0 atom stereocenters. The highest BCUT2D eigenvalue weighted by Gasteiger charge is 2.25. The Hall–Kier alpha value is -0.810. The molecule has 24 heavy (non-hydrogen) atoms. The van der Waals surface area contributed by atoms with Crippen molar-refractivity contribution in [3.8, 4) is 0 Å². The highest BCUT2D eigenvalue weighted by atomic mass is 35.5. The highest BCUT2D eigenvalue weighted by Crippen LogP contribution is 2.28. The normalized spacial score (nSPS) is 18.9. The molecule has 1 amide bonds. The van der Waals surface area contributed by atoms with Crippen molar-refractivity contribution in [3.05, 3.63) is 28.8 Å². The van der Waals surface area contributed by atoms with Crippen LogP contribution in [0.15, 0.2) is 18.2 Å². The smallest absolute Gasteiger partial charge is 0.238 e. The minimum atomic E-state index is 0. The predicted molar refractivity (Wildman–Crippen MR) is 102 cm³/mol. The number of benzene rings is 1. The van der Waals surface area contributed by atoms with Gasteiger partial charge in [-0.05, 0) is 62.8 Å². The summed E-state index contributed by atoms with van der Waals surface area (Å²) < 4.78 is 0. The number of likely N-dealkylation sites (tertiary alicyclic amines) is 1. The zero-order valence-corrected chi connectivity index (χ0v) is 15.8. The Labute approximate surface area is 155 Å². The summed E-state index contributed by atoms with van der Waals surface area (Å²) in [5, 5.41) is 7.18. The fourth-order valence-corrected chi connectivity index (χ4v) is 3.35. The van der Waals surface area contributed by atoms with Gasteiger partial charge in [-0.1, -0.05) is 17.7 Å². The second-order valence-electron chi connectivity index (χ2n) is 6.93. The van der Waals surface area contributed by atoms with E-state index in [1.165, 1.54) is 19.4 Å². The summed E-state index contributed by atoms with van der Waals surface area (Å²) in [5.41, 5.74) is 1.79. The maximum Gasteiger partial charge on any atom is 0.238 e. The molecule has 3 rings (SSSR count). The molecule has 1 aliphatic heterocycles. The lowest BCUT2D eigenvalue weighted by Gasteiger charge is -2.32. The van der Waals surface area contributed by atoms with E-state index in [9.17, 15) is 4.79 Å². The molecule has 0 bridgehead atoms. The van der Waals surface area contributed by atoms with E-state index >= 15 is 0 Å². The van der Waals surface area contributed by atoms with E-state index in [1.54, 1.807) is 0 Å². The Morgan fingerprint density at radius 2 is 1.96 bits per heavy atom. The van der Waals surface area contributed by atoms with Gasteiger partial charge >= 0.3 is 0 Å². The molecule has 2 aliphatic rings. The van der Waals surface area contributed by atoms with E-state index < -0.39 is 0 Å². The van der Waals surface area contributed by atoms with E-state index in [4.69, 9.17) is 11.6 Å². The molecular formula is C18H27Cl2N3O. The second kappa shape index (κ2) is 9.04. The van der Waals surface area contributed by atoms with Crippen LogP contribution in [0.4, 0.5) is 5.69 Å². The van der Waals surface area contributed by atoms with Gasteiger partial charge in [-0.2, -0.15) is 0 Å². The van der Waals surface area contributed by atoms with Crippen molar-refractivity contribution in [3.63, 3.8) is 0 Å². The summed E-state index contributed by atoms with van der Waals surface area (Å²) >= 11 is 6.16. The van der Waals surface area contributed by atoms with E-state index in [-0.39, 0.29) is 18.3 Å². The Kier molecular flexibility index (Phi) is 7.35. The number of hydrogen-bond donors (Lipinski definition) is 2. The standard InChI is InChI=1S/C18H26ClN3O.ClH/c1-13-2-5-17(16(19)10-13)21-18(23)12-22-8-6-15(7-9-22)20-11-14-3-4-14;/h2,5,10,14-15,20H,3-4,6-9,11-12H2,1H3,(H,21,23);1H. The SMILES string of the molecule is Cc1ccc(NC(=O)CN2CCC(NCC3CC3)CC2)c(Cl)c1.Cl. The molecule has 2 fully saturated rings. The lowest BCUT2D eigenvalue weighted by molar-refractivity contribution is -0.117. The van der Waals surface area contributed by atoms with Crippen LogP contribution in [0.3, 0.4) is 0 Å². The van der Waals surface area contributed by atoms with Crippen LogP contribution in [0.5, 0.6) is 0 Å². The van der Waals surface area contributed by atoms with Crippen molar-refractivity contribution < 1.29 is 4.79 Å². The molecule has 1 saturated carbocycles. The van der Waals surface area contributed by atoms with Gasteiger partial charge in [0, 0.05) is 19.1 Å². The van der Waals surface area contributed by atoms with Crippen LogP contribution in [0.1, 0.15) is 31.2 Å². The molecular weight excluding hydrogens is 345 g/mol. The first-order valence-corrected chi connectivity index (χ1v) is 8.99. The van der Waals surface area contributed by atoms with E-state index in [0.29, 0.717) is 23.3 Å². The number of amides is 1. The Balaban J connectivity index is 0.00000208. The third-order valence-electron chi connectivity index (χ3n) is 4.75. The summed E-state index contributed by atoms with van der Waals surface area (Å²) in [6.45, 7) is 5.57. The quantitative estimate of drug-likeness (QED) is 0.804. The topological polar surface area (TPSA) is 44.4 Å². The van der Waals surface area contributed by atoms with Gasteiger partial charge in [0.1, 0.15) is 0 Å². The van der Waals surface area contributed by atoms with Crippen molar-refractivity contribution in [2.75, 3.05) is 31.5 Å². The molecule has 0 spiro atoms. The molecule has 134 valence electrons. The molecule has 0 aromatic heterocycles. The molecule has 1 heterocycles. The fraction of sp³-hybridized carbons (Fsp3) is 0.611.